The molecule has 0 aliphatic carbocycles. The molecule has 0 aliphatic heterocycles. The number of rotatable bonds is 2. The molecular formula is C11H11ClOS. The van der Waals surface area contributed by atoms with Crippen molar-refractivity contribution in [3.05, 3.63) is 28.8 Å². The minimum atomic E-state index is 0.708. The maximum atomic E-state index is 6.04. The molecule has 0 bridgehead atoms. The minimum absolute atomic E-state index is 0.708. The number of halogens is 1. The highest BCUT2D eigenvalue weighted by molar-refractivity contribution is 7.20. The van der Waals surface area contributed by atoms with Crippen LogP contribution in [0.5, 0.6) is 5.06 Å². The lowest BCUT2D eigenvalue weighted by atomic mass is 10.1. The molecule has 0 N–H and O–H groups in total. The maximum absolute atomic E-state index is 6.04. The van der Waals surface area contributed by atoms with Gasteiger partial charge in [-0.05, 0) is 37.6 Å². The van der Waals surface area contributed by atoms with E-state index >= 15 is 0 Å². The van der Waals surface area contributed by atoms with Crippen molar-refractivity contribution in [3.8, 4) is 5.06 Å². The number of benzene rings is 1. The Morgan fingerprint density at radius 3 is 2.93 bits per heavy atom. The summed E-state index contributed by atoms with van der Waals surface area (Å²) in [6, 6.07) is 6.04. The third-order valence-corrected chi connectivity index (χ3v) is 3.59. The van der Waals surface area contributed by atoms with Gasteiger partial charge in [-0.1, -0.05) is 22.9 Å². The van der Waals surface area contributed by atoms with Crippen LogP contribution in [0, 0.1) is 6.92 Å². The van der Waals surface area contributed by atoms with Gasteiger partial charge in [-0.25, -0.2) is 0 Å². The zero-order valence-corrected chi connectivity index (χ0v) is 9.71. The normalized spacial score (nSPS) is 10.8. The molecule has 0 amide bonds. The fourth-order valence-electron chi connectivity index (χ4n) is 1.41. The molecule has 0 fully saturated rings. The Bertz CT molecular complexity index is 462. The van der Waals surface area contributed by atoms with Gasteiger partial charge in [0.15, 0.2) is 5.06 Å². The van der Waals surface area contributed by atoms with E-state index in [9.17, 15) is 0 Å². The van der Waals surface area contributed by atoms with Crippen LogP contribution in [-0.4, -0.2) is 6.61 Å². The van der Waals surface area contributed by atoms with E-state index in [1.807, 2.05) is 26.0 Å². The second-order valence-electron chi connectivity index (χ2n) is 3.08. The van der Waals surface area contributed by atoms with Crippen LogP contribution in [-0.2, 0) is 0 Å². The molecule has 0 spiro atoms. The Hall–Kier alpha value is -0.730. The summed E-state index contributed by atoms with van der Waals surface area (Å²) in [4.78, 5) is 0. The molecule has 0 atom stereocenters. The largest absolute Gasteiger partial charge is 0.484 e. The molecule has 0 radical (unpaired) electrons. The summed E-state index contributed by atoms with van der Waals surface area (Å²) in [5.41, 5.74) is 1.13. The first-order chi connectivity index (χ1) is 6.72. The molecular weight excluding hydrogens is 216 g/mol. The molecule has 1 aromatic heterocycles. The minimum Gasteiger partial charge on any atom is -0.484 e. The molecule has 1 heterocycles. The number of hydrogen-bond donors (Lipinski definition) is 0. The van der Waals surface area contributed by atoms with E-state index in [0.717, 1.165) is 15.6 Å². The molecule has 74 valence electrons. The second kappa shape index (κ2) is 3.79. The first-order valence-electron chi connectivity index (χ1n) is 4.54. The second-order valence-corrected chi connectivity index (χ2v) is 4.54. The monoisotopic (exact) mass is 226 g/mol. The average Bonchev–Trinajstić information content (AvgIpc) is 2.56. The molecule has 3 heteroatoms. The molecule has 1 nitrogen and oxygen atoms in total. The lowest BCUT2D eigenvalue weighted by molar-refractivity contribution is 0.350. The third-order valence-electron chi connectivity index (χ3n) is 2.17. The predicted molar refractivity (Wildman–Crippen MR) is 62.7 cm³/mol. The number of hydrogen-bond acceptors (Lipinski definition) is 2. The third kappa shape index (κ3) is 1.60. The Kier molecular flexibility index (Phi) is 2.66. The van der Waals surface area contributed by atoms with Crippen LogP contribution < -0.4 is 4.74 Å². The summed E-state index contributed by atoms with van der Waals surface area (Å²) in [5, 5.41) is 2.98. The van der Waals surface area contributed by atoms with E-state index in [4.69, 9.17) is 16.3 Å². The van der Waals surface area contributed by atoms with Crippen molar-refractivity contribution < 1.29 is 4.74 Å². The zero-order valence-electron chi connectivity index (χ0n) is 8.13. The van der Waals surface area contributed by atoms with E-state index in [0.29, 0.717) is 6.61 Å². The quantitative estimate of drug-likeness (QED) is 0.744. The topological polar surface area (TPSA) is 9.23 Å². The van der Waals surface area contributed by atoms with Crippen LogP contribution in [0.4, 0.5) is 0 Å². The number of ether oxygens (including phenoxy) is 1. The summed E-state index contributed by atoms with van der Waals surface area (Å²) in [6.45, 7) is 4.73. The molecule has 0 unspecified atom stereocenters. The lowest BCUT2D eigenvalue weighted by Crippen LogP contribution is -1.86. The van der Waals surface area contributed by atoms with Crippen molar-refractivity contribution in [1.29, 1.82) is 0 Å². The van der Waals surface area contributed by atoms with Gasteiger partial charge in [-0.3, -0.25) is 0 Å². The molecule has 2 rings (SSSR count). The van der Waals surface area contributed by atoms with Gasteiger partial charge in [-0.15, -0.1) is 0 Å². The summed E-state index contributed by atoms with van der Waals surface area (Å²) < 4.78 is 6.69. The van der Waals surface area contributed by atoms with Gasteiger partial charge in [0.2, 0.25) is 0 Å². The standard InChI is InChI=1S/C11H11ClOS/c1-3-13-11-6-8-7(2)9(12)4-5-10(8)14-11/h4-6H,3H2,1-2H3. The smallest absolute Gasteiger partial charge is 0.174 e. The van der Waals surface area contributed by atoms with Crippen LogP contribution in [0.3, 0.4) is 0 Å². The van der Waals surface area contributed by atoms with E-state index in [1.165, 1.54) is 10.1 Å². The first-order valence-corrected chi connectivity index (χ1v) is 5.73. The van der Waals surface area contributed by atoms with Gasteiger partial charge in [0.05, 0.1) is 6.61 Å². The summed E-state index contributed by atoms with van der Waals surface area (Å²) >= 11 is 7.70. The van der Waals surface area contributed by atoms with E-state index < -0.39 is 0 Å². The highest BCUT2D eigenvalue weighted by Gasteiger charge is 2.06. The van der Waals surface area contributed by atoms with Gasteiger partial charge < -0.3 is 4.74 Å². The number of fused-ring (bicyclic) bond motifs is 1. The molecule has 2 aromatic rings. The maximum Gasteiger partial charge on any atom is 0.174 e. The van der Waals surface area contributed by atoms with Crippen molar-refractivity contribution >= 4 is 33.0 Å². The molecule has 0 saturated heterocycles. The summed E-state index contributed by atoms with van der Waals surface area (Å²) in [6.07, 6.45) is 0. The van der Waals surface area contributed by atoms with Gasteiger partial charge in [0, 0.05) is 15.1 Å². The average molecular weight is 227 g/mol. The Morgan fingerprint density at radius 2 is 2.21 bits per heavy atom. The summed E-state index contributed by atoms with van der Waals surface area (Å²) in [5.74, 6) is 0. The van der Waals surface area contributed by atoms with Crippen molar-refractivity contribution in [2.24, 2.45) is 0 Å². The highest BCUT2D eigenvalue weighted by atomic mass is 35.5. The zero-order chi connectivity index (χ0) is 10.1. The van der Waals surface area contributed by atoms with Crippen LogP contribution in [0.25, 0.3) is 10.1 Å². The number of thiophene rings is 1. The highest BCUT2D eigenvalue weighted by Crippen LogP contribution is 2.35. The lowest BCUT2D eigenvalue weighted by Gasteiger charge is -1.97. The summed E-state index contributed by atoms with van der Waals surface area (Å²) in [7, 11) is 0. The molecule has 0 saturated carbocycles. The molecule has 0 aliphatic rings. The SMILES string of the molecule is CCOc1cc2c(C)c(Cl)ccc2s1. The van der Waals surface area contributed by atoms with Gasteiger partial charge in [-0.2, -0.15) is 0 Å². The van der Waals surface area contributed by atoms with Crippen LogP contribution in [0.1, 0.15) is 12.5 Å². The van der Waals surface area contributed by atoms with Crippen LogP contribution >= 0.6 is 22.9 Å². The predicted octanol–water partition coefficient (Wildman–Crippen LogP) is 4.26. The van der Waals surface area contributed by atoms with Gasteiger partial charge in [0.25, 0.3) is 0 Å². The Morgan fingerprint density at radius 1 is 1.43 bits per heavy atom. The Balaban J connectivity index is 2.59. The van der Waals surface area contributed by atoms with Crippen molar-refractivity contribution in [1.82, 2.24) is 0 Å². The van der Waals surface area contributed by atoms with Crippen LogP contribution in [0.15, 0.2) is 18.2 Å². The van der Waals surface area contributed by atoms with Crippen molar-refractivity contribution in [2.45, 2.75) is 13.8 Å². The van der Waals surface area contributed by atoms with Crippen molar-refractivity contribution in [3.63, 3.8) is 0 Å². The van der Waals surface area contributed by atoms with E-state index in [2.05, 4.69) is 6.07 Å². The van der Waals surface area contributed by atoms with E-state index in [-0.39, 0.29) is 0 Å². The van der Waals surface area contributed by atoms with E-state index in [1.54, 1.807) is 11.3 Å². The first kappa shape index (κ1) is 9.81. The van der Waals surface area contributed by atoms with Gasteiger partial charge >= 0.3 is 0 Å². The number of aryl methyl sites for hydroxylation is 1. The Labute approximate surface area is 92.3 Å². The van der Waals surface area contributed by atoms with Gasteiger partial charge in [0.1, 0.15) is 0 Å². The molecule has 1 aromatic carbocycles. The van der Waals surface area contributed by atoms with Crippen molar-refractivity contribution in [2.75, 3.05) is 6.61 Å². The fraction of sp³-hybridized carbons (Fsp3) is 0.273. The van der Waals surface area contributed by atoms with Crippen LogP contribution in [0.2, 0.25) is 5.02 Å². The fourth-order valence-corrected chi connectivity index (χ4v) is 2.61. The molecule has 14 heavy (non-hydrogen) atoms.